The molecule has 114 valence electrons. The van der Waals surface area contributed by atoms with Crippen molar-refractivity contribution in [1.82, 2.24) is 9.97 Å². The normalized spacial score (nSPS) is 12.8. The highest BCUT2D eigenvalue weighted by molar-refractivity contribution is 5.93. The summed E-state index contributed by atoms with van der Waals surface area (Å²) in [5.74, 6) is 0.664. The topological polar surface area (TPSA) is 104 Å². The number of H-pyrrole nitrogens is 2. The van der Waals surface area contributed by atoms with Gasteiger partial charge in [-0.2, -0.15) is 0 Å². The smallest absolute Gasteiger partial charge is 0.323 e. The molecule has 1 atom stereocenters. The molecule has 1 aromatic carbocycles. The average molecular weight is 290 g/mol. The zero-order chi connectivity index (χ0) is 15.4. The molecule has 1 heterocycles. The Morgan fingerprint density at radius 2 is 2.00 bits per heavy atom. The third kappa shape index (κ3) is 4.19. The first-order valence-corrected chi connectivity index (χ1v) is 7.20. The predicted molar refractivity (Wildman–Crippen MR) is 84.2 cm³/mol. The fourth-order valence-electron chi connectivity index (χ4n) is 2.51. The molecule has 2 aromatic rings. The van der Waals surface area contributed by atoms with E-state index in [1.54, 1.807) is 18.2 Å². The number of aromatic amines is 2. The number of carbonyl (C=O) groups is 1. The number of benzene rings is 1. The first kappa shape index (κ1) is 15.3. The lowest BCUT2D eigenvalue weighted by Gasteiger charge is -2.16. The van der Waals surface area contributed by atoms with E-state index in [1.165, 1.54) is 0 Å². The maximum Gasteiger partial charge on any atom is 0.323 e. The molecule has 0 saturated carbocycles. The van der Waals surface area contributed by atoms with Gasteiger partial charge in [0.05, 0.1) is 11.0 Å². The number of nitrogens with one attached hydrogen (secondary N) is 3. The van der Waals surface area contributed by atoms with Gasteiger partial charge in [-0.15, -0.1) is 0 Å². The Kier molecular flexibility index (Phi) is 4.80. The van der Waals surface area contributed by atoms with Gasteiger partial charge in [-0.25, -0.2) is 4.79 Å². The van der Waals surface area contributed by atoms with E-state index in [-0.39, 0.29) is 17.5 Å². The van der Waals surface area contributed by atoms with Gasteiger partial charge in [0.25, 0.3) is 0 Å². The number of imidazole rings is 1. The second-order valence-electron chi connectivity index (χ2n) is 5.82. The minimum absolute atomic E-state index is 0.0525. The Bertz CT molecular complexity index is 672. The summed E-state index contributed by atoms with van der Waals surface area (Å²) >= 11 is 0. The SMILES string of the molecule is CC(C)C[C@H](CN)CC(=O)Nc1ccc2[nH]c(=O)[nH]c2c1. The van der Waals surface area contributed by atoms with E-state index in [9.17, 15) is 9.59 Å². The monoisotopic (exact) mass is 290 g/mol. The molecule has 21 heavy (non-hydrogen) atoms. The van der Waals surface area contributed by atoms with Gasteiger partial charge in [-0.05, 0) is 43.0 Å². The van der Waals surface area contributed by atoms with Crippen LogP contribution in [-0.4, -0.2) is 22.4 Å². The van der Waals surface area contributed by atoms with Gasteiger partial charge in [0.1, 0.15) is 0 Å². The van der Waals surface area contributed by atoms with E-state index in [4.69, 9.17) is 5.73 Å². The number of fused-ring (bicyclic) bond motifs is 1. The van der Waals surface area contributed by atoms with Crippen LogP contribution in [0, 0.1) is 11.8 Å². The van der Waals surface area contributed by atoms with E-state index in [1.807, 2.05) is 0 Å². The summed E-state index contributed by atoms with van der Waals surface area (Å²) in [6, 6.07) is 5.27. The number of hydrogen-bond donors (Lipinski definition) is 4. The van der Waals surface area contributed by atoms with Crippen molar-refractivity contribution in [3.05, 3.63) is 28.7 Å². The number of anilines is 1. The first-order chi connectivity index (χ1) is 9.97. The van der Waals surface area contributed by atoms with Crippen LogP contribution in [0.4, 0.5) is 5.69 Å². The Morgan fingerprint density at radius 1 is 1.29 bits per heavy atom. The number of hydrogen-bond acceptors (Lipinski definition) is 3. The lowest BCUT2D eigenvalue weighted by molar-refractivity contribution is -0.117. The lowest BCUT2D eigenvalue weighted by atomic mass is 9.94. The van der Waals surface area contributed by atoms with Crippen molar-refractivity contribution in [1.29, 1.82) is 0 Å². The summed E-state index contributed by atoms with van der Waals surface area (Å²) in [5.41, 5.74) is 7.53. The summed E-state index contributed by atoms with van der Waals surface area (Å²) in [6.07, 6.45) is 1.35. The first-order valence-electron chi connectivity index (χ1n) is 7.20. The summed E-state index contributed by atoms with van der Waals surface area (Å²) in [6.45, 7) is 4.75. The number of amides is 1. The Hall–Kier alpha value is -2.08. The average Bonchev–Trinajstić information content (AvgIpc) is 2.76. The van der Waals surface area contributed by atoms with Crippen LogP contribution in [0.5, 0.6) is 0 Å². The van der Waals surface area contributed by atoms with Crippen LogP contribution < -0.4 is 16.7 Å². The molecular formula is C15H22N4O2. The van der Waals surface area contributed by atoms with Crippen molar-refractivity contribution in [3.63, 3.8) is 0 Å². The van der Waals surface area contributed by atoms with Crippen LogP contribution in [0.2, 0.25) is 0 Å². The molecule has 0 radical (unpaired) electrons. The van der Waals surface area contributed by atoms with Gasteiger partial charge in [0.2, 0.25) is 5.91 Å². The molecule has 1 aromatic heterocycles. The summed E-state index contributed by atoms with van der Waals surface area (Å²) in [4.78, 5) is 28.6. The Labute approximate surface area is 123 Å². The molecule has 0 fully saturated rings. The molecule has 0 saturated heterocycles. The highest BCUT2D eigenvalue weighted by Gasteiger charge is 2.14. The number of aromatic nitrogens is 2. The van der Waals surface area contributed by atoms with E-state index in [2.05, 4.69) is 29.1 Å². The largest absolute Gasteiger partial charge is 0.330 e. The zero-order valence-electron chi connectivity index (χ0n) is 12.4. The minimum Gasteiger partial charge on any atom is -0.330 e. The van der Waals surface area contributed by atoms with Crippen LogP contribution in [0.3, 0.4) is 0 Å². The molecule has 0 spiro atoms. The molecule has 2 rings (SSSR count). The number of carbonyl (C=O) groups excluding carboxylic acids is 1. The molecule has 0 bridgehead atoms. The summed E-state index contributed by atoms with van der Waals surface area (Å²) in [5, 5.41) is 2.85. The van der Waals surface area contributed by atoms with Gasteiger partial charge in [0.15, 0.2) is 0 Å². The Morgan fingerprint density at radius 3 is 2.67 bits per heavy atom. The van der Waals surface area contributed by atoms with E-state index >= 15 is 0 Å². The quantitative estimate of drug-likeness (QED) is 0.652. The van der Waals surface area contributed by atoms with Crippen LogP contribution in [0.25, 0.3) is 11.0 Å². The van der Waals surface area contributed by atoms with Crippen molar-refractivity contribution in [2.75, 3.05) is 11.9 Å². The fourth-order valence-corrected chi connectivity index (χ4v) is 2.51. The molecule has 0 aliphatic carbocycles. The van der Waals surface area contributed by atoms with Crippen molar-refractivity contribution in [3.8, 4) is 0 Å². The molecule has 0 unspecified atom stereocenters. The summed E-state index contributed by atoms with van der Waals surface area (Å²) < 4.78 is 0. The van der Waals surface area contributed by atoms with Crippen molar-refractivity contribution in [2.24, 2.45) is 17.6 Å². The van der Waals surface area contributed by atoms with Crippen LogP contribution >= 0.6 is 0 Å². The van der Waals surface area contributed by atoms with Crippen LogP contribution in [-0.2, 0) is 4.79 Å². The van der Waals surface area contributed by atoms with Gasteiger partial charge in [-0.3, -0.25) is 4.79 Å². The molecule has 6 heteroatoms. The van der Waals surface area contributed by atoms with Gasteiger partial charge >= 0.3 is 5.69 Å². The second kappa shape index (κ2) is 6.58. The molecule has 5 N–H and O–H groups in total. The maximum absolute atomic E-state index is 12.1. The predicted octanol–water partition coefficient (Wildman–Crippen LogP) is 1.81. The lowest BCUT2D eigenvalue weighted by Crippen LogP contribution is -2.23. The standard InChI is InChI=1S/C15H22N4O2/c1-9(2)5-10(8-16)6-14(20)17-11-3-4-12-13(7-11)19-15(21)18-12/h3-4,7,9-10H,5-6,8,16H2,1-2H3,(H,17,20)(H2,18,19,21)/t10-/m0/s1. The third-order valence-electron chi connectivity index (χ3n) is 3.41. The fraction of sp³-hybridized carbons (Fsp3) is 0.467. The molecule has 0 aliphatic rings. The van der Waals surface area contributed by atoms with Crippen LogP contribution in [0.1, 0.15) is 26.7 Å². The van der Waals surface area contributed by atoms with Crippen molar-refractivity contribution in [2.45, 2.75) is 26.7 Å². The van der Waals surface area contributed by atoms with Gasteiger partial charge < -0.3 is 21.0 Å². The van der Waals surface area contributed by atoms with Crippen molar-refractivity contribution < 1.29 is 4.79 Å². The second-order valence-corrected chi connectivity index (χ2v) is 5.82. The zero-order valence-corrected chi connectivity index (χ0v) is 12.4. The van der Waals surface area contributed by atoms with Gasteiger partial charge in [-0.1, -0.05) is 13.8 Å². The summed E-state index contributed by atoms with van der Waals surface area (Å²) in [7, 11) is 0. The molecular weight excluding hydrogens is 268 g/mol. The molecule has 1 amide bonds. The maximum atomic E-state index is 12.1. The Balaban J connectivity index is 2.01. The van der Waals surface area contributed by atoms with Crippen molar-refractivity contribution >= 4 is 22.6 Å². The molecule has 6 nitrogen and oxygen atoms in total. The molecule has 0 aliphatic heterocycles. The van der Waals surface area contributed by atoms with E-state index < -0.39 is 0 Å². The van der Waals surface area contributed by atoms with Crippen LogP contribution in [0.15, 0.2) is 23.0 Å². The minimum atomic E-state index is -0.256. The number of rotatable bonds is 6. The third-order valence-corrected chi connectivity index (χ3v) is 3.41. The van der Waals surface area contributed by atoms with E-state index in [0.29, 0.717) is 30.1 Å². The highest BCUT2D eigenvalue weighted by atomic mass is 16.1. The van der Waals surface area contributed by atoms with E-state index in [0.717, 1.165) is 11.9 Å². The number of nitrogens with two attached hydrogens (primary N) is 1. The van der Waals surface area contributed by atoms with Gasteiger partial charge in [0, 0.05) is 12.1 Å². The highest BCUT2D eigenvalue weighted by Crippen LogP contribution is 2.17.